The van der Waals surface area contributed by atoms with Gasteiger partial charge in [-0.15, -0.1) is 0 Å². The van der Waals surface area contributed by atoms with E-state index in [1.165, 1.54) is 12.1 Å². The first-order chi connectivity index (χ1) is 15.0. The number of non-ortho nitro benzene ring substituents is 1. The third kappa shape index (κ3) is 4.95. The number of nitro groups is 1. The first-order valence-electron chi connectivity index (χ1n) is 10.2. The van der Waals surface area contributed by atoms with E-state index in [1.807, 2.05) is 31.2 Å². The molecule has 1 aliphatic heterocycles. The molecule has 0 unspecified atom stereocenters. The molecule has 2 aromatic carbocycles. The van der Waals surface area contributed by atoms with E-state index < -0.39 is 4.92 Å². The van der Waals surface area contributed by atoms with Crippen molar-refractivity contribution in [2.75, 3.05) is 18.4 Å². The molecule has 0 radical (unpaired) electrons. The van der Waals surface area contributed by atoms with Crippen molar-refractivity contribution in [3.63, 3.8) is 0 Å². The van der Waals surface area contributed by atoms with Crippen molar-refractivity contribution in [3.05, 3.63) is 70.1 Å². The first kappa shape index (κ1) is 20.7. The number of nitrogens with zero attached hydrogens (tertiary/aromatic N) is 4. The molecule has 4 rings (SSSR count). The Labute approximate surface area is 179 Å². The third-order valence-corrected chi connectivity index (χ3v) is 5.50. The Balaban J connectivity index is 1.30. The summed E-state index contributed by atoms with van der Waals surface area (Å²) in [7, 11) is 0. The Bertz CT molecular complexity index is 1090. The number of carbonyl (C=O) groups excluding carboxylic acids is 1. The lowest BCUT2D eigenvalue weighted by Gasteiger charge is -2.30. The molecule has 31 heavy (non-hydrogen) atoms. The van der Waals surface area contributed by atoms with Crippen LogP contribution in [0.5, 0.6) is 0 Å². The lowest BCUT2D eigenvalue weighted by Crippen LogP contribution is -2.37. The van der Waals surface area contributed by atoms with E-state index in [2.05, 4.69) is 20.4 Å². The molecule has 3 aromatic rings. The molecule has 1 fully saturated rings. The maximum Gasteiger partial charge on any atom is 0.271 e. The summed E-state index contributed by atoms with van der Waals surface area (Å²) in [4.78, 5) is 29.7. The summed E-state index contributed by atoms with van der Waals surface area (Å²) >= 11 is 0. The van der Waals surface area contributed by atoms with Gasteiger partial charge in [0, 0.05) is 29.3 Å². The second kappa shape index (κ2) is 9.05. The number of piperidine rings is 1. The number of anilines is 1. The van der Waals surface area contributed by atoms with Crippen LogP contribution in [0.3, 0.4) is 0 Å². The number of aryl methyl sites for hydroxylation is 1. The molecule has 0 aliphatic carbocycles. The number of hydrogen-bond acceptors (Lipinski definition) is 7. The predicted octanol–water partition coefficient (Wildman–Crippen LogP) is 3.80. The fourth-order valence-corrected chi connectivity index (χ4v) is 3.74. The normalized spacial score (nSPS) is 15.0. The highest BCUT2D eigenvalue weighted by molar-refractivity contribution is 5.92. The minimum Gasteiger partial charge on any atom is -0.338 e. The highest BCUT2D eigenvalue weighted by Gasteiger charge is 2.26. The Morgan fingerprint density at radius 2 is 2.00 bits per heavy atom. The number of rotatable bonds is 6. The van der Waals surface area contributed by atoms with Crippen LogP contribution < -0.4 is 5.32 Å². The smallest absolute Gasteiger partial charge is 0.271 e. The van der Waals surface area contributed by atoms with Crippen molar-refractivity contribution in [3.8, 4) is 11.4 Å². The van der Waals surface area contributed by atoms with Gasteiger partial charge in [0.1, 0.15) is 0 Å². The molecule has 160 valence electrons. The van der Waals surface area contributed by atoms with Crippen LogP contribution in [0.25, 0.3) is 11.4 Å². The average Bonchev–Trinajstić information content (AvgIpc) is 3.23. The zero-order valence-corrected chi connectivity index (χ0v) is 17.2. The molecule has 1 aliphatic rings. The van der Waals surface area contributed by atoms with Gasteiger partial charge >= 0.3 is 0 Å². The van der Waals surface area contributed by atoms with E-state index in [0.717, 1.165) is 24.2 Å². The average molecular weight is 421 g/mol. The van der Waals surface area contributed by atoms with E-state index in [1.54, 1.807) is 12.1 Å². The van der Waals surface area contributed by atoms with Crippen molar-refractivity contribution in [1.82, 2.24) is 15.0 Å². The molecule has 1 N–H and O–H groups in total. The number of amides is 1. The van der Waals surface area contributed by atoms with Crippen LogP contribution in [-0.2, 0) is 11.3 Å². The molecule has 1 saturated heterocycles. The van der Waals surface area contributed by atoms with Crippen molar-refractivity contribution in [2.24, 2.45) is 5.92 Å². The summed E-state index contributed by atoms with van der Waals surface area (Å²) < 4.78 is 5.42. The van der Waals surface area contributed by atoms with Gasteiger partial charge in [0.2, 0.25) is 17.6 Å². The Morgan fingerprint density at radius 3 is 2.74 bits per heavy atom. The van der Waals surface area contributed by atoms with Gasteiger partial charge in [-0.25, -0.2) is 0 Å². The maximum atomic E-state index is 12.6. The van der Waals surface area contributed by atoms with Crippen LogP contribution in [0.4, 0.5) is 11.4 Å². The van der Waals surface area contributed by atoms with E-state index in [0.29, 0.717) is 36.8 Å². The van der Waals surface area contributed by atoms with Gasteiger partial charge in [0.25, 0.3) is 5.69 Å². The largest absolute Gasteiger partial charge is 0.338 e. The van der Waals surface area contributed by atoms with Gasteiger partial charge in [-0.3, -0.25) is 19.8 Å². The van der Waals surface area contributed by atoms with Crippen LogP contribution in [0.2, 0.25) is 0 Å². The topological polar surface area (TPSA) is 114 Å². The summed E-state index contributed by atoms with van der Waals surface area (Å²) in [5.74, 6) is 0.887. The summed E-state index contributed by atoms with van der Waals surface area (Å²) in [6.45, 7) is 4.01. The van der Waals surface area contributed by atoms with E-state index in [9.17, 15) is 14.9 Å². The quantitative estimate of drug-likeness (QED) is 0.475. The van der Waals surface area contributed by atoms with E-state index in [4.69, 9.17) is 4.52 Å². The number of nitro benzene ring substituents is 1. The third-order valence-electron chi connectivity index (χ3n) is 5.50. The molecule has 1 aromatic heterocycles. The molecule has 2 heterocycles. The van der Waals surface area contributed by atoms with Gasteiger partial charge in [-0.1, -0.05) is 35.5 Å². The molecule has 0 bridgehead atoms. The maximum absolute atomic E-state index is 12.6. The summed E-state index contributed by atoms with van der Waals surface area (Å²) in [6, 6.07) is 13.9. The van der Waals surface area contributed by atoms with E-state index in [-0.39, 0.29) is 17.5 Å². The van der Waals surface area contributed by atoms with Crippen molar-refractivity contribution in [2.45, 2.75) is 26.3 Å². The molecular weight excluding hydrogens is 398 g/mol. The summed E-state index contributed by atoms with van der Waals surface area (Å²) in [5.41, 5.74) is 2.44. The lowest BCUT2D eigenvalue weighted by molar-refractivity contribution is -0.384. The highest BCUT2D eigenvalue weighted by Crippen LogP contribution is 2.24. The summed E-state index contributed by atoms with van der Waals surface area (Å²) in [6.07, 6.45) is 1.39. The van der Waals surface area contributed by atoms with Crippen molar-refractivity contribution in [1.29, 1.82) is 0 Å². The standard InChI is InChI=1S/C22H23N5O4/c1-15-5-2-3-8-19(15)21-24-20(31-25-21)14-26-11-9-16(10-12-26)22(28)23-17-6-4-7-18(13-17)27(29)30/h2-8,13,16H,9-12,14H2,1H3,(H,23,28). The summed E-state index contributed by atoms with van der Waals surface area (Å²) in [5, 5.41) is 17.8. The number of aromatic nitrogens is 2. The fourth-order valence-electron chi connectivity index (χ4n) is 3.74. The molecule has 9 heteroatoms. The molecule has 9 nitrogen and oxygen atoms in total. The van der Waals surface area contributed by atoms with E-state index >= 15 is 0 Å². The Morgan fingerprint density at radius 1 is 1.23 bits per heavy atom. The van der Waals surface area contributed by atoms with Gasteiger partial charge in [0.05, 0.1) is 11.5 Å². The lowest BCUT2D eigenvalue weighted by atomic mass is 9.96. The molecular formula is C22H23N5O4. The van der Waals surface area contributed by atoms with Crippen molar-refractivity contribution < 1.29 is 14.2 Å². The first-order valence-corrected chi connectivity index (χ1v) is 10.2. The van der Waals surface area contributed by atoms with Crippen molar-refractivity contribution >= 4 is 17.3 Å². The molecule has 0 saturated carbocycles. The number of benzene rings is 2. The van der Waals surface area contributed by atoms with Crippen LogP contribution >= 0.6 is 0 Å². The highest BCUT2D eigenvalue weighted by atomic mass is 16.6. The zero-order chi connectivity index (χ0) is 21.8. The minimum absolute atomic E-state index is 0.0442. The number of likely N-dealkylation sites (tertiary alicyclic amines) is 1. The Hall–Kier alpha value is -3.59. The molecule has 0 atom stereocenters. The second-order valence-electron chi connectivity index (χ2n) is 7.67. The Kier molecular flexibility index (Phi) is 6.03. The van der Waals surface area contributed by atoms with Gasteiger partial charge < -0.3 is 9.84 Å². The van der Waals surface area contributed by atoms with Gasteiger partial charge in [0.15, 0.2) is 0 Å². The van der Waals surface area contributed by atoms with Crippen LogP contribution in [-0.4, -0.2) is 39.0 Å². The van der Waals surface area contributed by atoms with Gasteiger partial charge in [-0.2, -0.15) is 4.98 Å². The number of hydrogen-bond donors (Lipinski definition) is 1. The number of nitrogens with one attached hydrogen (secondary N) is 1. The van der Waals surface area contributed by atoms with Crippen LogP contribution in [0, 0.1) is 23.0 Å². The van der Waals surface area contributed by atoms with Crippen LogP contribution in [0.15, 0.2) is 53.1 Å². The van der Waals surface area contributed by atoms with Gasteiger partial charge in [-0.05, 0) is 44.5 Å². The monoisotopic (exact) mass is 421 g/mol. The minimum atomic E-state index is -0.476. The predicted molar refractivity (Wildman–Crippen MR) is 114 cm³/mol. The van der Waals surface area contributed by atoms with Crippen LogP contribution in [0.1, 0.15) is 24.3 Å². The second-order valence-corrected chi connectivity index (χ2v) is 7.67. The zero-order valence-electron chi connectivity index (χ0n) is 17.2. The fraction of sp³-hybridized carbons (Fsp3) is 0.318. The molecule has 0 spiro atoms. The SMILES string of the molecule is Cc1ccccc1-c1noc(CN2CCC(C(=O)Nc3cccc([N+](=O)[O-])c3)CC2)n1. The molecule has 1 amide bonds. The number of carbonyl (C=O) groups is 1.